The van der Waals surface area contributed by atoms with Crippen LogP contribution in [0.15, 0.2) is 41.3 Å². The third-order valence-corrected chi connectivity index (χ3v) is 5.37. The van der Waals surface area contributed by atoms with E-state index in [9.17, 15) is 8.42 Å². The quantitative estimate of drug-likeness (QED) is 0.724. The number of sulfonamides is 1. The molecule has 22 heavy (non-hydrogen) atoms. The van der Waals surface area contributed by atoms with E-state index in [4.69, 9.17) is 11.6 Å². The fraction of sp³-hybridized carbons (Fsp3) is 0.375. The summed E-state index contributed by atoms with van der Waals surface area (Å²) >= 11 is 6.10. The van der Waals surface area contributed by atoms with E-state index in [1.807, 2.05) is 12.1 Å². The summed E-state index contributed by atoms with van der Waals surface area (Å²) in [7, 11) is -3.46. The van der Waals surface area contributed by atoms with Crippen molar-refractivity contribution in [1.29, 1.82) is 0 Å². The first-order valence-electron chi connectivity index (χ1n) is 7.52. The maximum atomic E-state index is 12.3. The van der Waals surface area contributed by atoms with Gasteiger partial charge in [-0.25, -0.2) is 13.1 Å². The summed E-state index contributed by atoms with van der Waals surface area (Å²) in [5, 5.41) is 2.31. The molecule has 4 nitrogen and oxygen atoms in total. The highest BCUT2D eigenvalue weighted by atomic mass is 35.5. The predicted molar refractivity (Wildman–Crippen MR) is 90.4 cm³/mol. The Morgan fingerprint density at radius 1 is 1.05 bits per heavy atom. The molecule has 0 saturated heterocycles. The van der Waals surface area contributed by atoms with Crippen LogP contribution in [0, 0.1) is 0 Å². The molecule has 6 heteroatoms. The molecular formula is C16H22ClN2O2S+. The zero-order valence-electron chi connectivity index (χ0n) is 12.5. The van der Waals surface area contributed by atoms with Gasteiger partial charge in [-0.15, -0.1) is 0 Å². The highest BCUT2D eigenvalue weighted by Crippen LogP contribution is 2.25. The highest BCUT2D eigenvalue weighted by molar-refractivity contribution is 7.89. The van der Waals surface area contributed by atoms with Gasteiger partial charge in [-0.3, -0.25) is 0 Å². The summed E-state index contributed by atoms with van der Waals surface area (Å²) in [6.07, 6.45) is 4.06. The van der Waals surface area contributed by atoms with Crippen molar-refractivity contribution < 1.29 is 14.2 Å². The van der Waals surface area contributed by atoms with Crippen LogP contribution in [0.5, 0.6) is 0 Å². The van der Waals surface area contributed by atoms with Crippen LogP contribution in [0.25, 0.3) is 10.8 Å². The average Bonchev–Trinajstić information content (AvgIpc) is 2.50. The van der Waals surface area contributed by atoms with E-state index >= 15 is 0 Å². The summed E-state index contributed by atoms with van der Waals surface area (Å²) in [6, 6.07) is 10.5. The normalized spacial score (nSPS) is 11.9. The summed E-state index contributed by atoms with van der Waals surface area (Å²) in [5.41, 5.74) is 3.79. The largest absolute Gasteiger partial charge is 0.358 e. The van der Waals surface area contributed by atoms with Crippen molar-refractivity contribution in [2.75, 3.05) is 13.1 Å². The lowest BCUT2D eigenvalue weighted by atomic mass is 10.1. The summed E-state index contributed by atoms with van der Waals surface area (Å²) < 4.78 is 27.2. The minimum atomic E-state index is -3.46. The Labute approximate surface area is 136 Å². The van der Waals surface area contributed by atoms with Gasteiger partial charge in [-0.05, 0) is 42.8 Å². The fourth-order valence-corrected chi connectivity index (χ4v) is 3.69. The van der Waals surface area contributed by atoms with Crippen LogP contribution in [0.4, 0.5) is 0 Å². The predicted octanol–water partition coefficient (Wildman–Crippen LogP) is 2.57. The number of quaternary nitrogens is 1. The Kier molecular flexibility index (Phi) is 6.20. The summed E-state index contributed by atoms with van der Waals surface area (Å²) in [6.45, 7) is 1.40. The molecule has 0 radical (unpaired) electrons. The van der Waals surface area contributed by atoms with Crippen molar-refractivity contribution in [1.82, 2.24) is 4.72 Å². The third kappa shape index (κ3) is 4.43. The first kappa shape index (κ1) is 17.2. The van der Waals surface area contributed by atoms with E-state index in [1.54, 1.807) is 24.3 Å². The van der Waals surface area contributed by atoms with Crippen LogP contribution in [-0.4, -0.2) is 21.5 Å². The number of hydrogen-bond acceptors (Lipinski definition) is 2. The third-order valence-electron chi connectivity index (χ3n) is 3.58. The van der Waals surface area contributed by atoms with E-state index < -0.39 is 10.0 Å². The Hall–Kier alpha value is -1.14. The van der Waals surface area contributed by atoms with Crippen LogP contribution >= 0.6 is 11.6 Å². The van der Waals surface area contributed by atoms with E-state index in [1.165, 1.54) is 0 Å². The molecule has 2 rings (SSSR count). The number of unbranched alkanes of at least 4 members (excludes halogenated alkanes) is 3. The Balaban J connectivity index is 2.03. The van der Waals surface area contributed by atoms with Gasteiger partial charge < -0.3 is 5.73 Å². The zero-order chi connectivity index (χ0) is 16.0. The lowest BCUT2D eigenvalue weighted by Crippen LogP contribution is -2.50. The molecule has 0 atom stereocenters. The van der Waals surface area contributed by atoms with Crippen LogP contribution in [0.1, 0.15) is 25.7 Å². The molecule has 0 unspecified atom stereocenters. The number of hydrogen-bond donors (Lipinski definition) is 2. The summed E-state index contributed by atoms with van der Waals surface area (Å²) in [5.74, 6) is 0. The van der Waals surface area contributed by atoms with Gasteiger partial charge >= 0.3 is 0 Å². The molecule has 4 N–H and O–H groups in total. The minimum absolute atomic E-state index is 0.278. The van der Waals surface area contributed by atoms with E-state index in [2.05, 4.69) is 10.5 Å². The number of rotatable bonds is 8. The lowest BCUT2D eigenvalue weighted by Gasteiger charge is -2.08. The molecule has 120 valence electrons. The van der Waals surface area contributed by atoms with Gasteiger partial charge in [-0.1, -0.05) is 36.2 Å². The molecule has 0 amide bonds. The number of halogens is 1. The van der Waals surface area contributed by atoms with Crippen LogP contribution in [0.2, 0.25) is 5.02 Å². The first-order chi connectivity index (χ1) is 10.5. The van der Waals surface area contributed by atoms with E-state index in [-0.39, 0.29) is 4.90 Å². The topological polar surface area (TPSA) is 73.8 Å². The smallest absolute Gasteiger partial charge is 0.240 e. The Morgan fingerprint density at radius 2 is 1.82 bits per heavy atom. The molecule has 0 aliphatic heterocycles. The van der Waals surface area contributed by atoms with E-state index in [0.717, 1.165) is 43.0 Å². The maximum absolute atomic E-state index is 12.3. The average molecular weight is 342 g/mol. The van der Waals surface area contributed by atoms with Crippen molar-refractivity contribution in [2.45, 2.75) is 30.6 Å². The van der Waals surface area contributed by atoms with Gasteiger partial charge in [0.15, 0.2) is 0 Å². The Bertz CT molecular complexity index is 732. The van der Waals surface area contributed by atoms with Gasteiger partial charge in [-0.2, -0.15) is 0 Å². The number of benzene rings is 2. The van der Waals surface area contributed by atoms with Crippen molar-refractivity contribution in [3.05, 3.63) is 41.4 Å². The molecular weight excluding hydrogens is 320 g/mol. The van der Waals surface area contributed by atoms with Crippen LogP contribution < -0.4 is 10.5 Å². The zero-order valence-corrected chi connectivity index (χ0v) is 14.1. The monoisotopic (exact) mass is 341 g/mol. The second-order valence-electron chi connectivity index (χ2n) is 5.29. The number of nitrogens with one attached hydrogen (secondary N) is 1. The standard InChI is InChI=1S/C16H21ClN2O2S/c17-16-7-5-6-13-12-14(8-9-15(13)16)22(20,21)19-11-4-2-1-3-10-18/h5-9,12,19H,1-4,10-11,18H2/p+1. The molecule has 0 spiro atoms. The molecule has 0 bridgehead atoms. The molecule has 0 aliphatic rings. The molecule has 0 fully saturated rings. The van der Waals surface area contributed by atoms with Crippen LogP contribution in [0.3, 0.4) is 0 Å². The van der Waals surface area contributed by atoms with Gasteiger partial charge in [0.2, 0.25) is 10.0 Å². The fourth-order valence-electron chi connectivity index (χ4n) is 2.33. The molecule has 2 aromatic carbocycles. The minimum Gasteiger partial charge on any atom is -0.358 e. The first-order valence-corrected chi connectivity index (χ1v) is 9.38. The molecule has 0 aliphatic carbocycles. The van der Waals surface area contributed by atoms with Crippen molar-refractivity contribution in [2.24, 2.45) is 0 Å². The molecule has 0 aromatic heterocycles. The van der Waals surface area contributed by atoms with Crippen LogP contribution in [-0.2, 0) is 10.0 Å². The molecule has 0 saturated carbocycles. The van der Waals surface area contributed by atoms with Gasteiger partial charge in [0.05, 0.1) is 11.4 Å². The Morgan fingerprint density at radius 3 is 2.59 bits per heavy atom. The van der Waals surface area contributed by atoms with Gasteiger partial charge in [0.25, 0.3) is 0 Å². The second-order valence-corrected chi connectivity index (χ2v) is 7.46. The van der Waals surface area contributed by atoms with Gasteiger partial charge in [0.1, 0.15) is 0 Å². The lowest BCUT2D eigenvalue weighted by molar-refractivity contribution is -0.368. The van der Waals surface area contributed by atoms with Crippen molar-refractivity contribution in [3.63, 3.8) is 0 Å². The van der Waals surface area contributed by atoms with Crippen molar-refractivity contribution >= 4 is 32.4 Å². The van der Waals surface area contributed by atoms with Gasteiger partial charge in [0, 0.05) is 17.0 Å². The number of fused-ring (bicyclic) bond motifs is 1. The summed E-state index contributed by atoms with van der Waals surface area (Å²) in [4.78, 5) is 0.278. The second kappa shape index (κ2) is 7.92. The molecule has 0 heterocycles. The van der Waals surface area contributed by atoms with Crippen molar-refractivity contribution in [3.8, 4) is 0 Å². The SMILES string of the molecule is [NH3+]CCCCCCNS(=O)(=O)c1ccc2c(Cl)cccc2c1. The maximum Gasteiger partial charge on any atom is 0.240 e. The molecule has 2 aromatic rings. The van der Waals surface area contributed by atoms with E-state index in [0.29, 0.717) is 11.6 Å². The highest BCUT2D eigenvalue weighted by Gasteiger charge is 2.14.